The van der Waals surface area contributed by atoms with E-state index in [-0.39, 0.29) is 5.56 Å². The number of aromatic carboxylic acids is 1. The van der Waals surface area contributed by atoms with Crippen molar-refractivity contribution in [2.75, 3.05) is 12.4 Å². The lowest BCUT2D eigenvalue weighted by Gasteiger charge is -2.00. The Bertz CT molecular complexity index is 302. The van der Waals surface area contributed by atoms with Gasteiger partial charge in [0.2, 0.25) is 0 Å². The molecule has 0 aliphatic rings. The van der Waals surface area contributed by atoms with Crippen molar-refractivity contribution in [3.05, 3.63) is 18.0 Å². The summed E-state index contributed by atoms with van der Waals surface area (Å²) in [4.78, 5) is 18.3. The molecule has 0 saturated carbocycles. The molecule has 0 atom stereocenters. The largest absolute Gasteiger partial charge is 0.478 e. The van der Waals surface area contributed by atoms with Crippen LogP contribution in [0.25, 0.3) is 0 Å². The fourth-order valence-electron chi connectivity index (χ4n) is 0.719. The Hall–Kier alpha value is -1.14. The average Bonchev–Trinajstić information content (AvgIpc) is 2.19. The van der Waals surface area contributed by atoms with Crippen molar-refractivity contribution >= 4 is 17.7 Å². The molecule has 0 spiro atoms. The first-order valence-corrected chi connectivity index (χ1v) is 5.11. The van der Waals surface area contributed by atoms with Crippen molar-refractivity contribution in [2.45, 2.75) is 12.1 Å². The lowest BCUT2D eigenvalue weighted by atomic mass is 10.4. The van der Waals surface area contributed by atoms with E-state index in [1.165, 1.54) is 24.2 Å². The van der Waals surface area contributed by atoms with Gasteiger partial charge in [0, 0.05) is 18.3 Å². The highest BCUT2D eigenvalue weighted by molar-refractivity contribution is 7.99. The van der Waals surface area contributed by atoms with E-state index in [0.717, 1.165) is 12.4 Å². The maximum Gasteiger partial charge on any atom is 0.338 e. The number of rotatable bonds is 5. The maximum atomic E-state index is 10.5. The number of carboxylic acid groups (broad SMARTS) is 1. The van der Waals surface area contributed by atoms with Crippen LogP contribution < -0.4 is 5.32 Å². The first-order valence-electron chi connectivity index (χ1n) is 4.13. The zero-order chi connectivity index (χ0) is 10.4. The van der Waals surface area contributed by atoms with Crippen molar-refractivity contribution < 1.29 is 9.90 Å². The second-order valence-corrected chi connectivity index (χ2v) is 3.39. The molecular weight excluding hydrogens is 202 g/mol. The van der Waals surface area contributed by atoms with Crippen LogP contribution in [0, 0.1) is 0 Å². The molecule has 1 aromatic heterocycles. The van der Waals surface area contributed by atoms with Gasteiger partial charge in [0.25, 0.3) is 0 Å². The van der Waals surface area contributed by atoms with Crippen molar-refractivity contribution in [2.24, 2.45) is 0 Å². The van der Waals surface area contributed by atoms with Crippen LogP contribution in [-0.2, 0) is 0 Å². The summed E-state index contributed by atoms with van der Waals surface area (Å²) in [7, 11) is 0. The molecule has 0 aromatic carbocycles. The number of carbonyl (C=O) groups is 1. The fraction of sp³-hybridized carbons (Fsp3) is 0.375. The summed E-state index contributed by atoms with van der Waals surface area (Å²) in [6, 6.07) is 0. The summed E-state index contributed by atoms with van der Waals surface area (Å²) >= 11 is 1.44. The van der Waals surface area contributed by atoms with E-state index in [9.17, 15) is 4.79 Å². The van der Waals surface area contributed by atoms with Gasteiger partial charge < -0.3 is 10.4 Å². The Morgan fingerprint density at radius 3 is 2.71 bits per heavy atom. The minimum absolute atomic E-state index is 0.109. The van der Waals surface area contributed by atoms with Crippen molar-refractivity contribution in [1.82, 2.24) is 15.3 Å². The van der Waals surface area contributed by atoms with Crippen LogP contribution in [-0.4, -0.2) is 33.5 Å². The van der Waals surface area contributed by atoms with Crippen molar-refractivity contribution in [3.8, 4) is 0 Å². The third kappa shape index (κ3) is 3.31. The Kier molecular flexibility index (Phi) is 4.34. The molecule has 1 heterocycles. The third-order valence-electron chi connectivity index (χ3n) is 1.43. The summed E-state index contributed by atoms with van der Waals surface area (Å²) in [6.07, 6.45) is 2.62. The molecule has 0 radical (unpaired) electrons. The van der Waals surface area contributed by atoms with E-state index in [1.54, 1.807) is 0 Å². The number of nitrogens with one attached hydrogen (secondary N) is 1. The van der Waals surface area contributed by atoms with Crippen molar-refractivity contribution in [1.29, 1.82) is 0 Å². The van der Waals surface area contributed by atoms with Gasteiger partial charge in [-0.05, 0) is 6.54 Å². The predicted molar refractivity (Wildman–Crippen MR) is 53.4 cm³/mol. The summed E-state index contributed by atoms with van der Waals surface area (Å²) in [5.41, 5.74) is 0.109. The van der Waals surface area contributed by atoms with E-state index in [0.29, 0.717) is 5.16 Å². The molecule has 0 amide bonds. The Labute approximate surface area is 86.0 Å². The normalized spacial score (nSPS) is 10.1. The summed E-state index contributed by atoms with van der Waals surface area (Å²) in [5, 5.41) is 12.3. The monoisotopic (exact) mass is 213 g/mol. The molecule has 0 unspecified atom stereocenters. The number of aromatic nitrogens is 2. The summed E-state index contributed by atoms with van der Waals surface area (Å²) in [6.45, 7) is 2.90. The van der Waals surface area contributed by atoms with Gasteiger partial charge in [0.05, 0.1) is 5.56 Å². The SMILES string of the molecule is CCNCSc1ncc(C(=O)O)cn1. The topological polar surface area (TPSA) is 75.1 Å². The Morgan fingerprint density at radius 1 is 1.57 bits per heavy atom. The highest BCUT2D eigenvalue weighted by atomic mass is 32.2. The van der Waals surface area contributed by atoms with Crippen molar-refractivity contribution in [3.63, 3.8) is 0 Å². The second kappa shape index (κ2) is 5.56. The number of nitrogens with zero attached hydrogens (tertiary/aromatic N) is 2. The van der Waals surface area contributed by atoms with E-state index in [4.69, 9.17) is 5.11 Å². The van der Waals surface area contributed by atoms with Crippen LogP contribution in [0.3, 0.4) is 0 Å². The van der Waals surface area contributed by atoms with Crippen LogP contribution >= 0.6 is 11.8 Å². The molecule has 1 aromatic rings. The van der Waals surface area contributed by atoms with Gasteiger partial charge in [-0.3, -0.25) is 0 Å². The van der Waals surface area contributed by atoms with Crippen LogP contribution in [0.5, 0.6) is 0 Å². The third-order valence-corrected chi connectivity index (χ3v) is 2.25. The number of thioether (sulfide) groups is 1. The highest BCUT2D eigenvalue weighted by Gasteiger charge is 2.03. The van der Waals surface area contributed by atoms with E-state index in [2.05, 4.69) is 15.3 Å². The molecular formula is C8H11N3O2S. The predicted octanol–water partition coefficient (Wildman–Crippen LogP) is 0.834. The Balaban J connectivity index is 2.51. The molecule has 0 bridgehead atoms. The molecule has 2 N–H and O–H groups in total. The van der Waals surface area contributed by atoms with E-state index >= 15 is 0 Å². The smallest absolute Gasteiger partial charge is 0.338 e. The van der Waals surface area contributed by atoms with E-state index < -0.39 is 5.97 Å². The lowest BCUT2D eigenvalue weighted by molar-refractivity contribution is 0.0695. The second-order valence-electron chi connectivity index (χ2n) is 2.45. The highest BCUT2D eigenvalue weighted by Crippen LogP contribution is 2.09. The molecule has 0 fully saturated rings. The lowest BCUT2D eigenvalue weighted by Crippen LogP contribution is -2.11. The minimum Gasteiger partial charge on any atom is -0.478 e. The van der Waals surface area contributed by atoms with E-state index in [1.807, 2.05) is 6.92 Å². The molecule has 6 heteroatoms. The zero-order valence-electron chi connectivity index (χ0n) is 7.73. The number of hydrogen-bond donors (Lipinski definition) is 2. The quantitative estimate of drug-likeness (QED) is 0.326. The molecule has 0 saturated heterocycles. The molecule has 1 rings (SSSR count). The molecule has 0 aliphatic carbocycles. The van der Waals surface area contributed by atoms with Crippen LogP contribution in [0.2, 0.25) is 0 Å². The Morgan fingerprint density at radius 2 is 2.21 bits per heavy atom. The molecule has 76 valence electrons. The minimum atomic E-state index is -1.01. The average molecular weight is 213 g/mol. The molecule has 14 heavy (non-hydrogen) atoms. The van der Waals surface area contributed by atoms with Gasteiger partial charge in [-0.1, -0.05) is 18.7 Å². The first-order chi connectivity index (χ1) is 6.74. The van der Waals surface area contributed by atoms with Gasteiger partial charge in [-0.25, -0.2) is 14.8 Å². The molecule has 5 nitrogen and oxygen atoms in total. The summed E-state index contributed by atoms with van der Waals surface area (Å²) in [5.74, 6) is -0.281. The fourth-order valence-corrected chi connectivity index (χ4v) is 1.41. The summed E-state index contributed by atoms with van der Waals surface area (Å²) < 4.78 is 0. The zero-order valence-corrected chi connectivity index (χ0v) is 8.54. The van der Waals surface area contributed by atoms with Gasteiger partial charge in [0.1, 0.15) is 0 Å². The number of carboxylic acids is 1. The van der Waals surface area contributed by atoms with Gasteiger partial charge in [0.15, 0.2) is 5.16 Å². The van der Waals surface area contributed by atoms with Gasteiger partial charge >= 0.3 is 5.97 Å². The standard InChI is InChI=1S/C8H11N3O2S/c1-2-9-5-14-8-10-3-6(4-11-8)7(12)13/h3-4,9H,2,5H2,1H3,(H,12,13). The van der Waals surface area contributed by atoms with Gasteiger partial charge in [-0.2, -0.15) is 0 Å². The van der Waals surface area contributed by atoms with Gasteiger partial charge in [-0.15, -0.1) is 0 Å². The van der Waals surface area contributed by atoms with Crippen LogP contribution in [0.4, 0.5) is 0 Å². The first kappa shape index (κ1) is 10.9. The molecule has 0 aliphatic heterocycles. The van der Waals surface area contributed by atoms with Crippen LogP contribution in [0.1, 0.15) is 17.3 Å². The number of hydrogen-bond acceptors (Lipinski definition) is 5. The maximum absolute atomic E-state index is 10.5. The van der Waals surface area contributed by atoms with Crippen LogP contribution in [0.15, 0.2) is 17.6 Å².